The summed E-state index contributed by atoms with van der Waals surface area (Å²) in [5, 5.41) is 5.78. The molecule has 0 saturated heterocycles. The van der Waals surface area contributed by atoms with Crippen molar-refractivity contribution in [3.05, 3.63) is 0 Å². The molecular formula is C23H46N2O6. The SMILES string of the molecule is CCCC(C)C(=O)NCCOCCOCCOCCOCC(=O)NCC(C)(C)CCC. The summed E-state index contributed by atoms with van der Waals surface area (Å²) < 4.78 is 21.6. The van der Waals surface area contributed by atoms with Crippen LogP contribution in [0.4, 0.5) is 0 Å². The highest BCUT2D eigenvalue weighted by Gasteiger charge is 2.17. The van der Waals surface area contributed by atoms with Gasteiger partial charge in [0.15, 0.2) is 0 Å². The Bertz CT molecular complexity index is 459. The van der Waals surface area contributed by atoms with Gasteiger partial charge in [0.25, 0.3) is 0 Å². The summed E-state index contributed by atoms with van der Waals surface area (Å²) in [6.07, 6.45) is 4.09. The van der Waals surface area contributed by atoms with Gasteiger partial charge in [0.05, 0.1) is 46.2 Å². The van der Waals surface area contributed by atoms with E-state index in [0.717, 1.165) is 25.7 Å². The maximum atomic E-state index is 11.8. The van der Waals surface area contributed by atoms with Crippen molar-refractivity contribution in [3.8, 4) is 0 Å². The summed E-state index contributed by atoms with van der Waals surface area (Å²) in [4.78, 5) is 23.5. The number of nitrogens with one attached hydrogen (secondary N) is 2. The summed E-state index contributed by atoms with van der Waals surface area (Å²) in [6.45, 7) is 14.9. The van der Waals surface area contributed by atoms with Gasteiger partial charge in [0.2, 0.25) is 11.8 Å². The molecule has 31 heavy (non-hydrogen) atoms. The van der Waals surface area contributed by atoms with Crippen molar-refractivity contribution in [1.29, 1.82) is 0 Å². The molecule has 0 spiro atoms. The lowest BCUT2D eigenvalue weighted by molar-refractivity contribution is -0.127. The zero-order valence-electron chi connectivity index (χ0n) is 20.4. The number of carbonyl (C=O) groups is 2. The molecule has 8 heteroatoms. The van der Waals surface area contributed by atoms with E-state index in [0.29, 0.717) is 59.3 Å². The lowest BCUT2D eigenvalue weighted by Crippen LogP contribution is -2.36. The van der Waals surface area contributed by atoms with E-state index in [1.54, 1.807) is 0 Å². The van der Waals surface area contributed by atoms with E-state index in [-0.39, 0.29) is 29.8 Å². The summed E-state index contributed by atoms with van der Waals surface area (Å²) in [5.74, 6) is 0.0424. The Morgan fingerprint density at radius 2 is 1.35 bits per heavy atom. The minimum atomic E-state index is -0.0949. The van der Waals surface area contributed by atoms with Gasteiger partial charge in [-0.15, -0.1) is 0 Å². The smallest absolute Gasteiger partial charge is 0.246 e. The van der Waals surface area contributed by atoms with E-state index in [1.807, 2.05) is 6.92 Å². The summed E-state index contributed by atoms with van der Waals surface area (Å²) in [6, 6.07) is 0. The van der Waals surface area contributed by atoms with E-state index in [2.05, 4.69) is 38.3 Å². The molecule has 0 aromatic heterocycles. The maximum absolute atomic E-state index is 11.8. The van der Waals surface area contributed by atoms with Gasteiger partial charge in [-0.3, -0.25) is 9.59 Å². The molecular weight excluding hydrogens is 400 g/mol. The van der Waals surface area contributed by atoms with Crippen molar-refractivity contribution < 1.29 is 28.5 Å². The number of rotatable bonds is 21. The van der Waals surface area contributed by atoms with Crippen LogP contribution in [0.1, 0.15) is 60.3 Å². The lowest BCUT2D eigenvalue weighted by atomic mass is 9.88. The molecule has 2 amide bonds. The first-order valence-corrected chi connectivity index (χ1v) is 11.7. The number of hydrogen-bond donors (Lipinski definition) is 2. The highest BCUT2D eigenvalue weighted by Crippen LogP contribution is 2.20. The van der Waals surface area contributed by atoms with Crippen LogP contribution in [0.25, 0.3) is 0 Å². The Labute approximate surface area is 189 Å². The molecule has 0 aromatic carbocycles. The molecule has 0 saturated carbocycles. The molecule has 2 N–H and O–H groups in total. The normalized spacial score (nSPS) is 12.5. The molecule has 1 unspecified atom stereocenters. The van der Waals surface area contributed by atoms with Crippen molar-refractivity contribution in [3.63, 3.8) is 0 Å². The van der Waals surface area contributed by atoms with E-state index in [9.17, 15) is 9.59 Å². The Kier molecular flexibility index (Phi) is 18.7. The van der Waals surface area contributed by atoms with E-state index in [1.165, 1.54) is 0 Å². The predicted molar refractivity (Wildman–Crippen MR) is 122 cm³/mol. The van der Waals surface area contributed by atoms with Crippen LogP contribution < -0.4 is 10.6 Å². The van der Waals surface area contributed by atoms with Crippen LogP contribution >= 0.6 is 0 Å². The number of ether oxygens (including phenoxy) is 4. The van der Waals surface area contributed by atoms with Crippen LogP contribution in [0.2, 0.25) is 0 Å². The second-order valence-electron chi connectivity index (χ2n) is 8.56. The van der Waals surface area contributed by atoms with Crippen LogP contribution in [0.5, 0.6) is 0 Å². The third kappa shape index (κ3) is 19.2. The fourth-order valence-electron chi connectivity index (χ4n) is 2.96. The monoisotopic (exact) mass is 446 g/mol. The highest BCUT2D eigenvalue weighted by molar-refractivity contribution is 5.78. The molecule has 0 bridgehead atoms. The average Bonchev–Trinajstić information content (AvgIpc) is 2.72. The molecule has 0 aliphatic rings. The average molecular weight is 447 g/mol. The van der Waals surface area contributed by atoms with Gasteiger partial charge in [0, 0.05) is 19.0 Å². The number of amides is 2. The molecule has 0 radical (unpaired) electrons. The van der Waals surface area contributed by atoms with Crippen LogP contribution in [-0.2, 0) is 28.5 Å². The van der Waals surface area contributed by atoms with Gasteiger partial charge in [0.1, 0.15) is 6.61 Å². The van der Waals surface area contributed by atoms with Crippen molar-refractivity contribution in [2.45, 2.75) is 60.3 Å². The first-order chi connectivity index (χ1) is 14.8. The number of hydrogen-bond acceptors (Lipinski definition) is 6. The van der Waals surface area contributed by atoms with Crippen molar-refractivity contribution in [1.82, 2.24) is 10.6 Å². The summed E-state index contributed by atoms with van der Waals surface area (Å²) >= 11 is 0. The fraction of sp³-hybridized carbons (Fsp3) is 0.913. The largest absolute Gasteiger partial charge is 0.377 e. The molecule has 0 aromatic rings. The summed E-state index contributed by atoms with van der Waals surface area (Å²) in [5.41, 5.74) is 0.113. The van der Waals surface area contributed by atoms with Gasteiger partial charge in [-0.05, 0) is 18.3 Å². The Morgan fingerprint density at radius 1 is 0.806 bits per heavy atom. The topological polar surface area (TPSA) is 95.1 Å². The Balaban J connectivity index is 3.35. The molecule has 0 heterocycles. The Morgan fingerprint density at radius 3 is 1.90 bits per heavy atom. The zero-order chi connectivity index (χ0) is 23.4. The third-order valence-corrected chi connectivity index (χ3v) is 4.75. The highest BCUT2D eigenvalue weighted by atomic mass is 16.6. The third-order valence-electron chi connectivity index (χ3n) is 4.75. The van der Waals surface area contributed by atoms with Crippen LogP contribution in [0, 0.1) is 11.3 Å². The fourth-order valence-corrected chi connectivity index (χ4v) is 2.96. The van der Waals surface area contributed by atoms with Gasteiger partial charge in [-0.25, -0.2) is 0 Å². The molecule has 8 nitrogen and oxygen atoms in total. The standard InChI is InChI=1S/C23H46N2O6/c1-6-8-20(3)22(27)24-10-11-28-12-13-29-14-15-30-16-17-31-18-21(26)25-19-23(4,5)9-7-2/h20H,6-19H2,1-5H3,(H,24,27)(H,25,26). The van der Waals surface area contributed by atoms with Crippen LogP contribution in [-0.4, -0.2) is 77.8 Å². The molecule has 0 fully saturated rings. The van der Waals surface area contributed by atoms with Gasteiger partial charge in [-0.1, -0.05) is 47.5 Å². The van der Waals surface area contributed by atoms with Crippen LogP contribution in [0.3, 0.4) is 0 Å². The zero-order valence-corrected chi connectivity index (χ0v) is 20.4. The molecule has 1 atom stereocenters. The summed E-state index contributed by atoms with van der Waals surface area (Å²) in [7, 11) is 0. The lowest BCUT2D eigenvalue weighted by Gasteiger charge is -2.24. The predicted octanol–water partition coefficient (Wildman–Crippen LogP) is 2.55. The first kappa shape index (κ1) is 29.8. The molecule has 0 aliphatic heterocycles. The van der Waals surface area contributed by atoms with Crippen molar-refractivity contribution >= 4 is 11.8 Å². The molecule has 0 aliphatic carbocycles. The van der Waals surface area contributed by atoms with E-state index in [4.69, 9.17) is 18.9 Å². The minimum Gasteiger partial charge on any atom is -0.377 e. The van der Waals surface area contributed by atoms with Crippen molar-refractivity contribution in [2.75, 3.05) is 65.9 Å². The van der Waals surface area contributed by atoms with Crippen molar-refractivity contribution in [2.24, 2.45) is 11.3 Å². The Hall–Kier alpha value is -1.22. The number of carbonyl (C=O) groups excluding carboxylic acids is 2. The van der Waals surface area contributed by atoms with E-state index >= 15 is 0 Å². The minimum absolute atomic E-state index is 0.0530. The quantitative estimate of drug-likeness (QED) is 0.263. The van der Waals surface area contributed by atoms with Gasteiger partial charge < -0.3 is 29.6 Å². The van der Waals surface area contributed by atoms with Gasteiger partial charge >= 0.3 is 0 Å². The van der Waals surface area contributed by atoms with Gasteiger partial charge in [-0.2, -0.15) is 0 Å². The maximum Gasteiger partial charge on any atom is 0.246 e. The molecule has 184 valence electrons. The second-order valence-corrected chi connectivity index (χ2v) is 8.56. The van der Waals surface area contributed by atoms with Crippen LogP contribution in [0.15, 0.2) is 0 Å². The van der Waals surface area contributed by atoms with E-state index < -0.39 is 0 Å². The second kappa shape index (κ2) is 19.5. The molecule has 0 rings (SSSR count). The first-order valence-electron chi connectivity index (χ1n) is 11.7.